The molecule has 0 fully saturated rings. The van der Waals surface area contributed by atoms with Gasteiger partial charge >= 0.3 is 0 Å². The minimum atomic E-state index is -0.149. The Morgan fingerprint density at radius 2 is 2.00 bits per heavy atom. The van der Waals surface area contributed by atoms with Crippen LogP contribution in [0, 0.1) is 6.92 Å². The number of nitrogens with one attached hydrogen (secondary N) is 1. The summed E-state index contributed by atoms with van der Waals surface area (Å²) in [4.78, 5) is 16.6. The Morgan fingerprint density at radius 3 is 2.80 bits per heavy atom. The quantitative estimate of drug-likeness (QED) is 0.419. The van der Waals surface area contributed by atoms with Gasteiger partial charge in [-0.1, -0.05) is 48.2 Å². The highest BCUT2D eigenvalue weighted by Crippen LogP contribution is 2.23. The maximum atomic E-state index is 12.0. The SMILES string of the molecule is CCn1c(SCC(=O)NN=Cc2ccccc2C)nc2ccccc21. The summed E-state index contributed by atoms with van der Waals surface area (Å²) in [5, 5.41) is 4.88. The molecule has 3 rings (SSSR count). The monoisotopic (exact) mass is 352 g/mol. The average molecular weight is 352 g/mol. The van der Waals surface area contributed by atoms with Crippen LogP contribution in [0.5, 0.6) is 0 Å². The Labute approximate surface area is 151 Å². The predicted molar refractivity (Wildman–Crippen MR) is 103 cm³/mol. The maximum Gasteiger partial charge on any atom is 0.250 e. The molecule has 128 valence electrons. The van der Waals surface area contributed by atoms with Crippen LogP contribution in [-0.4, -0.2) is 27.4 Å². The molecule has 0 spiro atoms. The first kappa shape index (κ1) is 17.2. The molecule has 0 saturated carbocycles. The van der Waals surface area contributed by atoms with Crippen molar-refractivity contribution in [1.29, 1.82) is 0 Å². The number of fused-ring (bicyclic) bond motifs is 1. The molecule has 3 aromatic rings. The van der Waals surface area contributed by atoms with Crippen LogP contribution in [0.4, 0.5) is 0 Å². The minimum Gasteiger partial charge on any atom is -0.319 e. The van der Waals surface area contributed by atoms with E-state index in [1.807, 2.05) is 55.5 Å². The van der Waals surface area contributed by atoms with Gasteiger partial charge in [0, 0.05) is 6.54 Å². The van der Waals surface area contributed by atoms with Gasteiger partial charge in [-0.3, -0.25) is 4.79 Å². The molecule has 6 heteroatoms. The van der Waals surface area contributed by atoms with E-state index in [9.17, 15) is 4.79 Å². The van der Waals surface area contributed by atoms with Gasteiger partial charge < -0.3 is 4.57 Å². The van der Waals surface area contributed by atoms with Gasteiger partial charge in [-0.15, -0.1) is 0 Å². The summed E-state index contributed by atoms with van der Waals surface area (Å²) in [5.74, 6) is 0.124. The van der Waals surface area contributed by atoms with Crippen LogP contribution in [-0.2, 0) is 11.3 Å². The predicted octanol–water partition coefficient (Wildman–Crippen LogP) is 3.61. The first-order chi connectivity index (χ1) is 12.2. The number of aryl methyl sites for hydroxylation is 2. The smallest absolute Gasteiger partial charge is 0.250 e. The Kier molecular flexibility index (Phi) is 5.50. The molecular formula is C19H20N4OS. The van der Waals surface area contributed by atoms with E-state index >= 15 is 0 Å². The van der Waals surface area contributed by atoms with E-state index in [4.69, 9.17) is 0 Å². The fraction of sp³-hybridized carbons (Fsp3) is 0.211. The molecule has 1 heterocycles. The molecule has 0 aliphatic heterocycles. The van der Waals surface area contributed by atoms with E-state index in [0.717, 1.165) is 33.9 Å². The molecule has 0 aliphatic rings. The van der Waals surface area contributed by atoms with E-state index < -0.39 is 0 Å². The Hall–Kier alpha value is -2.60. The van der Waals surface area contributed by atoms with Crippen molar-refractivity contribution in [3.05, 3.63) is 59.7 Å². The molecule has 0 radical (unpaired) electrons. The zero-order valence-electron chi connectivity index (χ0n) is 14.3. The number of hydrogen-bond acceptors (Lipinski definition) is 4. The molecule has 25 heavy (non-hydrogen) atoms. The number of carbonyl (C=O) groups is 1. The normalized spacial score (nSPS) is 11.3. The third-order valence-corrected chi connectivity index (χ3v) is 4.83. The van der Waals surface area contributed by atoms with E-state index in [1.165, 1.54) is 11.8 Å². The molecule has 2 aromatic carbocycles. The van der Waals surface area contributed by atoms with Gasteiger partial charge in [-0.05, 0) is 37.1 Å². The molecule has 0 saturated heterocycles. The summed E-state index contributed by atoms with van der Waals surface area (Å²) in [6.07, 6.45) is 1.67. The lowest BCUT2D eigenvalue weighted by Gasteiger charge is -2.05. The van der Waals surface area contributed by atoms with Crippen molar-refractivity contribution in [2.45, 2.75) is 25.5 Å². The van der Waals surface area contributed by atoms with Crippen LogP contribution in [0.15, 0.2) is 58.8 Å². The summed E-state index contributed by atoms with van der Waals surface area (Å²) in [6, 6.07) is 15.9. The number of imidazole rings is 1. The molecule has 5 nitrogen and oxygen atoms in total. The summed E-state index contributed by atoms with van der Waals surface area (Å²) in [6.45, 7) is 4.90. The topological polar surface area (TPSA) is 59.3 Å². The van der Waals surface area contributed by atoms with Crippen molar-refractivity contribution < 1.29 is 4.79 Å². The van der Waals surface area contributed by atoms with Crippen LogP contribution in [0.2, 0.25) is 0 Å². The average Bonchev–Trinajstić information content (AvgIpc) is 2.99. The van der Waals surface area contributed by atoms with Crippen molar-refractivity contribution in [3.63, 3.8) is 0 Å². The van der Waals surface area contributed by atoms with Crippen molar-refractivity contribution in [1.82, 2.24) is 15.0 Å². The molecular weight excluding hydrogens is 332 g/mol. The van der Waals surface area contributed by atoms with Crippen molar-refractivity contribution in [2.24, 2.45) is 5.10 Å². The number of rotatable bonds is 6. The molecule has 1 amide bonds. The van der Waals surface area contributed by atoms with Crippen LogP contribution >= 0.6 is 11.8 Å². The molecule has 0 atom stereocenters. The fourth-order valence-electron chi connectivity index (χ4n) is 2.54. The highest BCUT2D eigenvalue weighted by Gasteiger charge is 2.11. The number of benzene rings is 2. The lowest BCUT2D eigenvalue weighted by atomic mass is 10.1. The maximum absolute atomic E-state index is 12.0. The van der Waals surface area contributed by atoms with E-state index in [1.54, 1.807) is 6.21 Å². The highest BCUT2D eigenvalue weighted by atomic mass is 32.2. The summed E-state index contributed by atoms with van der Waals surface area (Å²) >= 11 is 1.42. The molecule has 0 unspecified atom stereocenters. The Balaban J connectivity index is 1.60. The van der Waals surface area contributed by atoms with Gasteiger partial charge in [0.2, 0.25) is 0 Å². The second kappa shape index (κ2) is 7.98. The second-order valence-electron chi connectivity index (χ2n) is 5.57. The summed E-state index contributed by atoms with van der Waals surface area (Å²) in [7, 11) is 0. The number of carbonyl (C=O) groups excluding carboxylic acids is 1. The Bertz CT molecular complexity index is 917. The van der Waals surface area contributed by atoms with Crippen molar-refractivity contribution in [2.75, 3.05) is 5.75 Å². The Morgan fingerprint density at radius 1 is 1.24 bits per heavy atom. The van der Waals surface area contributed by atoms with Crippen LogP contribution in [0.25, 0.3) is 11.0 Å². The first-order valence-electron chi connectivity index (χ1n) is 8.14. The number of aromatic nitrogens is 2. The first-order valence-corrected chi connectivity index (χ1v) is 9.13. The molecule has 0 aliphatic carbocycles. The van der Waals surface area contributed by atoms with Gasteiger partial charge in [0.1, 0.15) is 0 Å². The van der Waals surface area contributed by atoms with Gasteiger partial charge in [0.25, 0.3) is 5.91 Å². The van der Waals surface area contributed by atoms with Gasteiger partial charge in [-0.2, -0.15) is 5.10 Å². The standard InChI is InChI=1S/C19H20N4OS/c1-3-23-17-11-7-6-10-16(17)21-19(23)25-13-18(24)22-20-12-15-9-5-4-8-14(15)2/h4-12H,3,13H2,1-2H3,(H,22,24). The lowest BCUT2D eigenvalue weighted by Crippen LogP contribution is -2.20. The van der Waals surface area contributed by atoms with Crippen LogP contribution < -0.4 is 5.43 Å². The second-order valence-corrected chi connectivity index (χ2v) is 6.51. The molecule has 1 N–H and O–H groups in total. The van der Waals surface area contributed by atoms with Gasteiger partial charge in [-0.25, -0.2) is 10.4 Å². The van der Waals surface area contributed by atoms with Crippen LogP contribution in [0.1, 0.15) is 18.1 Å². The molecule has 0 bridgehead atoms. The number of nitrogens with zero attached hydrogens (tertiary/aromatic N) is 3. The summed E-state index contributed by atoms with van der Waals surface area (Å²) < 4.78 is 2.11. The minimum absolute atomic E-state index is 0.149. The third-order valence-electron chi connectivity index (χ3n) is 3.85. The number of para-hydroxylation sites is 2. The zero-order valence-corrected chi connectivity index (χ0v) is 15.1. The highest BCUT2D eigenvalue weighted by molar-refractivity contribution is 7.99. The van der Waals surface area contributed by atoms with Crippen LogP contribution in [0.3, 0.4) is 0 Å². The number of amides is 1. The third kappa shape index (κ3) is 4.09. The number of thioether (sulfide) groups is 1. The summed E-state index contributed by atoms with van der Waals surface area (Å²) in [5.41, 5.74) is 6.72. The number of hydrazone groups is 1. The van der Waals surface area contributed by atoms with E-state index in [0.29, 0.717) is 0 Å². The van der Waals surface area contributed by atoms with Crippen molar-refractivity contribution >= 4 is 34.9 Å². The largest absolute Gasteiger partial charge is 0.319 e. The van der Waals surface area contributed by atoms with Gasteiger partial charge in [0.15, 0.2) is 5.16 Å². The lowest BCUT2D eigenvalue weighted by molar-refractivity contribution is -0.118. The van der Waals surface area contributed by atoms with E-state index in [2.05, 4.69) is 27.0 Å². The van der Waals surface area contributed by atoms with E-state index in [-0.39, 0.29) is 11.7 Å². The fourth-order valence-corrected chi connectivity index (χ4v) is 3.41. The zero-order chi connectivity index (χ0) is 17.6. The number of hydrogen-bond donors (Lipinski definition) is 1. The van der Waals surface area contributed by atoms with Gasteiger partial charge in [0.05, 0.1) is 23.0 Å². The molecule has 1 aromatic heterocycles. The van der Waals surface area contributed by atoms with Crippen molar-refractivity contribution in [3.8, 4) is 0 Å².